The second-order valence-electron chi connectivity index (χ2n) is 4.34. The lowest BCUT2D eigenvalue weighted by Crippen LogP contribution is -2.32. The zero-order chi connectivity index (χ0) is 15.5. The van der Waals surface area contributed by atoms with Crippen molar-refractivity contribution < 1.29 is 17.9 Å². The summed E-state index contributed by atoms with van der Waals surface area (Å²) in [5, 5.41) is 3.77. The Labute approximate surface area is 123 Å². The van der Waals surface area contributed by atoms with Gasteiger partial charge >= 0.3 is 10.2 Å². The van der Waals surface area contributed by atoms with Crippen molar-refractivity contribution in [1.82, 2.24) is 9.73 Å². The first kappa shape index (κ1) is 15.3. The standard InChI is InChI=1S/C12H16N4O4S/c1-3-16(2)21(18,19)15-10-6-4-9(5-7-10)12-14-13-11(17)8-20-12/h4-7,15H,3,8H2,1-2H3,(H,13,17). The smallest absolute Gasteiger partial charge is 0.301 e. The fourth-order valence-corrected chi connectivity index (χ4v) is 2.47. The van der Waals surface area contributed by atoms with Gasteiger partial charge in [-0.3, -0.25) is 9.52 Å². The summed E-state index contributed by atoms with van der Waals surface area (Å²) in [6.07, 6.45) is 0. The molecular formula is C12H16N4O4S. The van der Waals surface area contributed by atoms with Crippen molar-refractivity contribution in [2.75, 3.05) is 24.9 Å². The first-order chi connectivity index (χ1) is 9.92. The molecule has 1 aromatic rings. The molecular weight excluding hydrogens is 296 g/mol. The first-order valence-electron chi connectivity index (χ1n) is 6.26. The minimum absolute atomic E-state index is 0.0888. The van der Waals surface area contributed by atoms with Crippen LogP contribution in [0.4, 0.5) is 5.69 Å². The number of ether oxygens (including phenoxy) is 1. The topological polar surface area (TPSA) is 100 Å². The summed E-state index contributed by atoms with van der Waals surface area (Å²) < 4.78 is 32.6. The molecule has 0 spiro atoms. The van der Waals surface area contributed by atoms with E-state index in [1.165, 1.54) is 11.4 Å². The Morgan fingerprint density at radius 2 is 2.05 bits per heavy atom. The monoisotopic (exact) mass is 312 g/mol. The number of benzene rings is 1. The molecule has 0 atom stereocenters. The van der Waals surface area contributed by atoms with E-state index in [2.05, 4.69) is 15.2 Å². The summed E-state index contributed by atoms with van der Waals surface area (Å²) in [5.74, 6) is -0.0274. The molecule has 114 valence electrons. The lowest BCUT2D eigenvalue weighted by Gasteiger charge is -2.17. The molecule has 8 nitrogen and oxygen atoms in total. The summed E-state index contributed by atoms with van der Waals surface area (Å²) in [4.78, 5) is 10.9. The van der Waals surface area contributed by atoms with Gasteiger partial charge in [0, 0.05) is 24.8 Å². The van der Waals surface area contributed by atoms with Gasteiger partial charge in [-0.05, 0) is 24.3 Å². The molecule has 1 aromatic carbocycles. The summed E-state index contributed by atoms with van der Waals surface area (Å²) in [5.41, 5.74) is 3.38. The van der Waals surface area contributed by atoms with Crippen LogP contribution in [0.15, 0.2) is 29.4 Å². The van der Waals surface area contributed by atoms with Gasteiger partial charge in [0.1, 0.15) is 0 Å². The zero-order valence-electron chi connectivity index (χ0n) is 11.7. The molecule has 2 rings (SSSR count). The summed E-state index contributed by atoms with van der Waals surface area (Å²) in [7, 11) is -2.05. The van der Waals surface area contributed by atoms with Crippen molar-refractivity contribution in [1.29, 1.82) is 0 Å². The summed E-state index contributed by atoms with van der Waals surface area (Å²) in [6.45, 7) is 2.03. The average Bonchev–Trinajstić information content (AvgIpc) is 2.47. The normalized spacial score (nSPS) is 15.2. The van der Waals surface area contributed by atoms with Crippen LogP contribution in [-0.2, 0) is 19.7 Å². The number of rotatable bonds is 5. The van der Waals surface area contributed by atoms with E-state index in [1.54, 1.807) is 31.2 Å². The van der Waals surface area contributed by atoms with Crippen molar-refractivity contribution in [3.05, 3.63) is 29.8 Å². The number of anilines is 1. The number of hydrogen-bond donors (Lipinski definition) is 2. The first-order valence-corrected chi connectivity index (χ1v) is 7.70. The maximum absolute atomic E-state index is 11.9. The van der Waals surface area contributed by atoms with Gasteiger partial charge in [0.2, 0.25) is 5.90 Å². The molecule has 1 aliphatic heterocycles. The van der Waals surface area contributed by atoms with Crippen LogP contribution in [0.25, 0.3) is 0 Å². The van der Waals surface area contributed by atoms with Crippen LogP contribution < -0.4 is 10.1 Å². The molecule has 0 radical (unpaired) electrons. The molecule has 0 fully saturated rings. The van der Waals surface area contributed by atoms with Gasteiger partial charge in [-0.1, -0.05) is 6.92 Å². The summed E-state index contributed by atoms with van der Waals surface area (Å²) >= 11 is 0. The van der Waals surface area contributed by atoms with Crippen LogP contribution in [-0.4, -0.2) is 44.7 Å². The molecule has 0 aliphatic carbocycles. The predicted octanol–water partition coefficient (Wildman–Crippen LogP) is 0.103. The molecule has 1 aliphatic rings. The molecule has 9 heteroatoms. The number of hydrazone groups is 1. The van der Waals surface area contributed by atoms with E-state index in [9.17, 15) is 13.2 Å². The Kier molecular flexibility index (Phi) is 4.43. The van der Waals surface area contributed by atoms with E-state index in [1.807, 2.05) is 0 Å². The molecule has 1 heterocycles. The number of hydrogen-bond acceptors (Lipinski definition) is 5. The van der Waals surface area contributed by atoms with Crippen molar-refractivity contribution in [3.8, 4) is 0 Å². The highest BCUT2D eigenvalue weighted by molar-refractivity contribution is 7.90. The second kappa shape index (κ2) is 6.10. The van der Waals surface area contributed by atoms with E-state index < -0.39 is 10.2 Å². The van der Waals surface area contributed by atoms with Crippen LogP contribution in [0.1, 0.15) is 12.5 Å². The highest BCUT2D eigenvalue weighted by atomic mass is 32.2. The molecule has 0 aromatic heterocycles. The largest absolute Gasteiger partial charge is 0.466 e. The average molecular weight is 312 g/mol. The minimum atomic E-state index is -3.54. The lowest BCUT2D eigenvalue weighted by molar-refractivity contribution is -0.124. The highest BCUT2D eigenvalue weighted by Gasteiger charge is 2.17. The zero-order valence-corrected chi connectivity index (χ0v) is 12.5. The van der Waals surface area contributed by atoms with Crippen LogP contribution in [0.2, 0.25) is 0 Å². The molecule has 21 heavy (non-hydrogen) atoms. The number of nitrogens with one attached hydrogen (secondary N) is 2. The number of nitrogens with zero attached hydrogens (tertiary/aromatic N) is 2. The molecule has 0 saturated heterocycles. The van der Waals surface area contributed by atoms with Crippen molar-refractivity contribution in [2.24, 2.45) is 5.10 Å². The number of carbonyl (C=O) groups is 1. The van der Waals surface area contributed by atoms with Crippen molar-refractivity contribution >= 4 is 27.7 Å². The van der Waals surface area contributed by atoms with Crippen molar-refractivity contribution in [2.45, 2.75) is 6.92 Å². The maximum atomic E-state index is 11.9. The Morgan fingerprint density at radius 3 is 2.57 bits per heavy atom. The van der Waals surface area contributed by atoms with E-state index in [0.29, 0.717) is 17.8 Å². The van der Waals surface area contributed by atoms with Crippen molar-refractivity contribution in [3.63, 3.8) is 0 Å². The lowest BCUT2D eigenvalue weighted by atomic mass is 10.2. The van der Waals surface area contributed by atoms with Crippen LogP contribution in [0.5, 0.6) is 0 Å². The quantitative estimate of drug-likeness (QED) is 0.805. The van der Waals surface area contributed by atoms with E-state index in [0.717, 1.165) is 0 Å². The molecule has 0 unspecified atom stereocenters. The van der Waals surface area contributed by atoms with Gasteiger partial charge in [-0.2, -0.15) is 12.7 Å². The number of amides is 1. The van der Waals surface area contributed by atoms with Gasteiger partial charge in [-0.15, -0.1) is 5.10 Å². The van der Waals surface area contributed by atoms with Gasteiger partial charge in [0.25, 0.3) is 5.91 Å². The van der Waals surface area contributed by atoms with Gasteiger partial charge in [0.05, 0.1) is 0 Å². The van der Waals surface area contributed by atoms with E-state index >= 15 is 0 Å². The highest BCUT2D eigenvalue weighted by Crippen LogP contribution is 2.14. The molecule has 0 bridgehead atoms. The SMILES string of the molecule is CCN(C)S(=O)(=O)Nc1ccc(C2=NNC(=O)CO2)cc1. The van der Waals surface area contributed by atoms with Crippen LogP contribution >= 0.6 is 0 Å². The van der Waals surface area contributed by atoms with E-state index in [-0.39, 0.29) is 18.4 Å². The second-order valence-corrected chi connectivity index (χ2v) is 6.12. The van der Waals surface area contributed by atoms with E-state index in [4.69, 9.17) is 4.74 Å². The van der Waals surface area contributed by atoms with Gasteiger partial charge in [-0.25, -0.2) is 5.43 Å². The molecule has 1 amide bonds. The van der Waals surface area contributed by atoms with Crippen LogP contribution in [0, 0.1) is 0 Å². The Morgan fingerprint density at radius 1 is 1.38 bits per heavy atom. The third kappa shape index (κ3) is 3.70. The Balaban J connectivity index is 2.11. The Bertz CT molecular complexity index is 654. The summed E-state index contributed by atoms with van der Waals surface area (Å²) in [6, 6.07) is 6.50. The van der Waals surface area contributed by atoms with Gasteiger partial charge < -0.3 is 4.74 Å². The Hall–Kier alpha value is -2.13. The maximum Gasteiger partial charge on any atom is 0.301 e. The third-order valence-electron chi connectivity index (χ3n) is 2.86. The molecule has 0 saturated carbocycles. The predicted molar refractivity (Wildman–Crippen MR) is 77.9 cm³/mol. The number of carbonyl (C=O) groups excluding carboxylic acids is 1. The minimum Gasteiger partial charge on any atom is -0.466 e. The fourth-order valence-electron chi connectivity index (χ4n) is 1.54. The van der Waals surface area contributed by atoms with Crippen LogP contribution in [0.3, 0.4) is 0 Å². The third-order valence-corrected chi connectivity index (χ3v) is 4.43. The molecule has 2 N–H and O–H groups in total. The van der Waals surface area contributed by atoms with Gasteiger partial charge in [0.15, 0.2) is 6.61 Å². The fraction of sp³-hybridized carbons (Fsp3) is 0.333.